The highest BCUT2D eigenvalue weighted by Gasteiger charge is 2.13. The van der Waals surface area contributed by atoms with Gasteiger partial charge < -0.3 is 4.74 Å². The summed E-state index contributed by atoms with van der Waals surface area (Å²) in [7, 11) is 1.74. The number of hydrogen-bond donors (Lipinski definition) is 0. The molecule has 0 saturated carbocycles. The summed E-state index contributed by atoms with van der Waals surface area (Å²) in [6.45, 7) is 0.336. The first-order valence-electron chi connectivity index (χ1n) is 5.40. The van der Waals surface area contributed by atoms with Gasteiger partial charge in [0.05, 0.1) is 11.5 Å². The number of ether oxygens (including phenoxy) is 1. The van der Waals surface area contributed by atoms with Gasteiger partial charge in [-0.25, -0.2) is 4.68 Å². The number of rotatable bonds is 6. The standard InChI is InChI=1S/C10H11N5O3S/c1-14-10(11-12-13-14)19-7-6-18-9-5-3-2-4-8(9)15(16)17/h2-5H,6-7H2,1H3. The van der Waals surface area contributed by atoms with Crippen molar-refractivity contribution in [2.45, 2.75) is 5.16 Å². The third-order valence-electron chi connectivity index (χ3n) is 2.22. The van der Waals surface area contributed by atoms with Gasteiger partial charge in [0.15, 0.2) is 5.75 Å². The summed E-state index contributed by atoms with van der Waals surface area (Å²) in [5.74, 6) is 0.865. The lowest BCUT2D eigenvalue weighted by molar-refractivity contribution is -0.385. The Morgan fingerprint density at radius 3 is 2.95 bits per heavy atom. The quantitative estimate of drug-likeness (QED) is 0.340. The second kappa shape index (κ2) is 6.14. The Kier molecular flexibility index (Phi) is 4.29. The van der Waals surface area contributed by atoms with Crippen molar-refractivity contribution in [2.24, 2.45) is 7.05 Å². The Morgan fingerprint density at radius 1 is 1.47 bits per heavy atom. The van der Waals surface area contributed by atoms with Gasteiger partial charge in [-0.3, -0.25) is 10.1 Å². The number of nitro benzene ring substituents is 1. The van der Waals surface area contributed by atoms with E-state index in [1.54, 1.807) is 29.9 Å². The van der Waals surface area contributed by atoms with Gasteiger partial charge >= 0.3 is 5.69 Å². The summed E-state index contributed by atoms with van der Waals surface area (Å²) < 4.78 is 6.95. The maximum atomic E-state index is 10.8. The molecule has 0 aliphatic carbocycles. The normalized spacial score (nSPS) is 10.4. The average Bonchev–Trinajstić information content (AvgIpc) is 2.80. The minimum Gasteiger partial charge on any atom is -0.486 e. The number of hydrogen-bond acceptors (Lipinski definition) is 7. The predicted octanol–water partition coefficient (Wildman–Crippen LogP) is 1.29. The molecule has 2 aromatic rings. The molecule has 8 nitrogen and oxygen atoms in total. The lowest BCUT2D eigenvalue weighted by Crippen LogP contribution is -2.03. The molecule has 100 valence electrons. The number of tetrazole rings is 1. The summed E-state index contributed by atoms with van der Waals surface area (Å²) in [6, 6.07) is 6.29. The van der Waals surface area contributed by atoms with Crippen LogP contribution in [-0.2, 0) is 7.05 Å². The molecule has 19 heavy (non-hydrogen) atoms. The van der Waals surface area contributed by atoms with Crippen molar-refractivity contribution in [2.75, 3.05) is 12.4 Å². The second-order valence-corrected chi connectivity index (χ2v) is 4.57. The molecule has 9 heteroatoms. The molecule has 1 heterocycles. The molecule has 1 aromatic heterocycles. The molecule has 0 amide bonds. The van der Waals surface area contributed by atoms with Gasteiger partial charge in [-0.1, -0.05) is 23.9 Å². The summed E-state index contributed by atoms with van der Waals surface area (Å²) in [5.41, 5.74) is -0.0344. The highest BCUT2D eigenvalue weighted by Crippen LogP contribution is 2.26. The highest BCUT2D eigenvalue weighted by molar-refractivity contribution is 7.99. The topological polar surface area (TPSA) is 96.0 Å². The van der Waals surface area contributed by atoms with E-state index in [9.17, 15) is 10.1 Å². The molecule has 2 rings (SSSR count). The maximum absolute atomic E-state index is 10.8. The fourth-order valence-corrected chi connectivity index (χ4v) is 2.02. The molecule has 1 aromatic carbocycles. The Labute approximate surface area is 112 Å². The number of benzene rings is 1. The molecule has 0 saturated heterocycles. The van der Waals surface area contributed by atoms with Crippen LogP contribution in [0.4, 0.5) is 5.69 Å². The van der Waals surface area contributed by atoms with Crippen LogP contribution in [0.3, 0.4) is 0 Å². The van der Waals surface area contributed by atoms with Crippen LogP contribution in [0.15, 0.2) is 29.4 Å². The number of nitrogens with zero attached hydrogens (tertiary/aromatic N) is 5. The first-order chi connectivity index (χ1) is 9.18. The fourth-order valence-electron chi connectivity index (χ4n) is 1.36. The van der Waals surface area contributed by atoms with Crippen LogP contribution in [0.5, 0.6) is 5.75 Å². The van der Waals surface area contributed by atoms with Crippen molar-refractivity contribution in [1.29, 1.82) is 0 Å². The van der Waals surface area contributed by atoms with Crippen molar-refractivity contribution in [3.05, 3.63) is 34.4 Å². The van der Waals surface area contributed by atoms with Crippen molar-refractivity contribution in [3.63, 3.8) is 0 Å². The zero-order valence-corrected chi connectivity index (χ0v) is 10.9. The molecule has 0 atom stereocenters. The van der Waals surface area contributed by atoms with E-state index in [1.807, 2.05) is 0 Å². The van der Waals surface area contributed by atoms with Gasteiger partial charge in [0.1, 0.15) is 0 Å². The van der Waals surface area contributed by atoms with Crippen LogP contribution in [0.25, 0.3) is 0 Å². The van der Waals surface area contributed by atoms with Gasteiger partial charge in [0.2, 0.25) is 5.16 Å². The molecule has 0 bridgehead atoms. The van der Waals surface area contributed by atoms with Crippen LogP contribution in [0.2, 0.25) is 0 Å². The van der Waals surface area contributed by atoms with Crippen molar-refractivity contribution < 1.29 is 9.66 Å². The third-order valence-corrected chi connectivity index (χ3v) is 3.19. The highest BCUT2D eigenvalue weighted by atomic mass is 32.2. The van der Waals surface area contributed by atoms with E-state index in [0.717, 1.165) is 0 Å². The zero-order valence-electron chi connectivity index (χ0n) is 10.1. The lowest BCUT2D eigenvalue weighted by atomic mass is 10.3. The first-order valence-corrected chi connectivity index (χ1v) is 6.38. The monoisotopic (exact) mass is 281 g/mol. The minimum absolute atomic E-state index is 0.0344. The fraction of sp³-hybridized carbons (Fsp3) is 0.300. The summed E-state index contributed by atoms with van der Waals surface area (Å²) in [4.78, 5) is 10.3. The number of para-hydroxylation sites is 2. The smallest absolute Gasteiger partial charge is 0.310 e. The zero-order chi connectivity index (χ0) is 13.7. The van der Waals surface area contributed by atoms with E-state index in [2.05, 4.69) is 15.5 Å². The summed E-state index contributed by atoms with van der Waals surface area (Å²) >= 11 is 1.42. The van der Waals surface area contributed by atoms with Crippen LogP contribution in [-0.4, -0.2) is 37.5 Å². The first kappa shape index (κ1) is 13.3. The van der Waals surface area contributed by atoms with E-state index in [4.69, 9.17) is 4.74 Å². The van der Waals surface area contributed by atoms with Crippen molar-refractivity contribution >= 4 is 17.4 Å². The van der Waals surface area contributed by atoms with E-state index in [1.165, 1.54) is 17.8 Å². The molecule has 0 aliphatic heterocycles. The predicted molar refractivity (Wildman–Crippen MR) is 68.1 cm³/mol. The SMILES string of the molecule is Cn1nnnc1SCCOc1ccccc1[N+](=O)[O-]. The molecule has 0 fully saturated rings. The van der Waals surface area contributed by atoms with Crippen molar-refractivity contribution in [3.8, 4) is 5.75 Å². The third kappa shape index (κ3) is 3.41. The Morgan fingerprint density at radius 2 is 2.26 bits per heavy atom. The Bertz CT molecular complexity index is 574. The van der Waals surface area contributed by atoms with Gasteiger partial charge in [-0.15, -0.1) is 5.10 Å². The number of nitro groups is 1. The van der Waals surface area contributed by atoms with E-state index in [0.29, 0.717) is 17.5 Å². The van der Waals surface area contributed by atoms with Crippen LogP contribution in [0, 0.1) is 10.1 Å². The maximum Gasteiger partial charge on any atom is 0.310 e. The molecule has 0 unspecified atom stereocenters. The largest absolute Gasteiger partial charge is 0.486 e. The molecule has 0 aliphatic rings. The van der Waals surface area contributed by atoms with Gasteiger partial charge in [-0.05, 0) is 16.5 Å². The van der Waals surface area contributed by atoms with Crippen LogP contribution in [0.1, 0.15) is 0 Å². The summed E-state index contributed by atoms with van der Waals surface area (Å²) in [5, 5.41) is 22.5. The Balaban J connectivity index is 1.86. The number of aromatic nitrogens is 4. The molecule has 0 radical (unpaired) electrons. The van der Waals surface area contributed by atoms with Crippen LogP contribution < -0.4 is 4.74 Å². The molecule has 0 N–H and O–H groups in total. The number of thioether (sulfide) groups is 1. The lowest BCUT2D eigenvalue weighted by Gasteiger charge is -2.05. The van der Waals surface area contributed by atoms with Gasteiger partial charge in [0.25, 0.3) is 0 Å². The van der Waals surface area contributed by atoms with E-state index < -0.39 is 4.92 Å². The second-order valence-electron chi connectivity index (χ2n) is 3.51. The Hall–Kier alpha value is -2.16. The average molecular weight is 281 g/mol. The van der Waals surface area contributed by atoms with Crippen molar-refractivity contribution in [1.82, 2.24) is 20.2 Å². The molecular weight excluding hydrogens is 270 g/mol. The summed E-state index contributed by atoms with van der Waals surface area (Å²) in [6.07, 6.45) is 0. The van der Waals surface area contributed by atoms with Crippen LogP contribution >= 0.6 is 11.8 Å². The minimum atomic E-state index is -0.463. The van der Waals surface area contributed by atoms with Gasteiger partial charge in [-0.2, -0.15) is 0 Å². The van der Waals surface area contributed by atoms with E-state index >= 15 is 0 Å². The van der Waals surface area contributed by atoms with E-state index in [-0.39, 0.29) is 11.4 Å². The molecular formula is C10H11N5O3S. The van der Waals surface area contributed by atoms with Gasteiger partial charge in [0, 0.05) is 18.9 Å². The number of aryl methyl sites for hydroxylation is 1. The molecule has 0 spiro atoms.